The van der Waals surface area contributed by atoms with Crippen LogP contribution in [0.4, 0.5) is 17.6 Å². The van der Waals surface area contributed by atoms with Gasteiger partial charge in [-0.3, -0.25) is 14.1 Å². The summed E-state index contributed by atoms with van der Waals surface area (Å²) in [6.07, 6.45) is 1.65. The van der Waals surface area contributed by atoms with Gasteiger partial charge in [-0.2, -0.15) is 8.78 Å². The largest absolute Gasteiger partial charge is 0.356 e. The molecule has 0 saturated heterocycles. The molecule has 1 aromatic carbocycles. The minimum Gasteiger partial charge on any atom is -0.356 e. The van der Waals surface area contributed by atoms with Crippen molar-refractivity contribution in [1.82, 2.24) is 24.0 Å². The molecule has 184 valence electrons. The van der Waals surface area contributed by atoms with Crippen LogP contribution in [0.15, 0.2) is 39.8 Å². The van der Waals surface area contributed by atoms with E-state index < -0.39 is 57.1 Å². The first-order valence-corrected chi connectivity index (χ1v) is 12.1. The Morgan fingerprint density at radius 3 is 2.57 bits per heavy atom. The molecule has 0 saturated carbocycles. The number of aromatic nitrogens is 4. The second kappa shape index (κ2) is 7.75. The Labute approximate surface area is 195 Å². The molecule has 5 rings (SSSR count). The summed E-state index contributed by atoms with van der Waals surface area (Å²) < 4.78 is 90.5. The van der Waals surface area contributed by atoms with Gasteiger partial charge in [0.05, 0.1) is 36.0 Å². The van der Waals surface area contributed by atoms with Crippen molar-refractivity contribution in [1.29, 1.82) is 0 Å². The van der Waals surface area contributed by atoms with Gasteiger partial charge in [0.2, 0.25) is 10.0 Å². The third kappa shape index (κ3) is 3.82. The fraction of sp³-hybridized carbons (Fsp3) is 0.286. The van der Waals surface area contributed by atoms with Crippen molar-refractivity contribution in [2.24, 2.45) is 0 Å². The minimum absolute atomic E-state index is 0.0469. The minimum atomic E-state index is -3.95. The molecule has 0 radical (unpaired) electrons. The van der Waals surface area contributed by atoms with Crippen molar-refractivity contribution in [2.45, 2.75) is 32.0 Å². The smallest absolute Gasteiger partial charge is 0.328 e. The quantitative estimate of drug-likeness (QED) is 0.412. The zero-order valence-corrected chi connectivity index (χ0v) is 19.0. The van der Waals surface area contributed by atoms with E-state index in [-0.39, 0.29) is 28.9 Å². The fourth-order valence-electron chi connectivity index (χ4n) is 4.25. The highest BCUT2D eigenvalue weighted by Gasteiger charge is 2.52. The molecule has 4 aromatic rings. The van der Waals surface area contributed by atoms with E-state index in [0.717, 1.165) is 33.7 Å². The maximum absolute atomic E-state index is 14.8. The highest BCUT2D eigenvalue weighted by Crippen LogP contribution is 2.38. The van der Waals surface area contributed by atoms with Crippen LogP contribution in [-0.4, -0.2) is 40.0 Å². The monoisotopic (exact) mass is 511 g/mol. The lowest BCUT2D eigenvalue weighted by Crippen LogP contribution is -2.44. The van der Waals surface area contributed by atoms with Crippen molar-refractivity contribution in [2.75, 3.05) is 6.26 Å². The van der Waals surface area contributed by atoms with Crippen molar-refractivity contribution in [3.8, 4) is 11.3 Å². The third-order valence-corrected chi connectivity index (χ3v) is 6.43. The van der Waals surface area contributed by atoms with Gasteiger partial charge in [-0.25, -0.2) is 26.7 Å². The number of rotatable bonds is 5. The van der Waals surface area contributed by atoms with E-state index in [9.17, 15) is 30.8 Å². The summed E-state index contributed by atoms with van der Waals surface area (Å²) in [4.78, 5) is 17.1. The molecule has 0 bridgehead atoms. The van der Waals surface area contributed by atoms with Crippen LogP contribution >= 0.6 is 0 Å². The first kappa shape index (κ1) is 23.2. The summed E-state index contributed by atoms with van der Waals surface area (Å²) in [5, 5.41) is 4.02. The highest BCUT2D eigenvalue weighted by atomic mass is 32.2. The van der Waals surface area contributed by atoms with Crippen LogP contribution in [-0.2, 0) is 29.0 Å². The zero-order valence-electron chi connectivity index (χ0n) is 18.2. The van der Waals surface area contributed by atoms with Gasteiger partial charge in [0.15, 0.2) is 5.58 Å². The first-order valence-electron chi connectivity index (χ1n) is 10.2. The van der Waals surface area contributed by atoms with E-state index in [2.05, 4.69) is 10.1 Å². The molecular weight excluding hydrogens is 494 g/mol. The Kier molecular flexibility index (Phi) is 5.14. The lowest BCUT2D eigenvalue weighted by Gasteiger charge is -2.18. The number of halogens is 4. The fourth-order valence-corrected chi connectivity index (χ4v) is 4.99. The van der Waals surface area contributed by atoms with Gasteiger partial charge in [0.25, 0.3) is 0 Å². The lowest BCUT2D eigenvalue weighted by molar-refractivity contribution is -0.0249. The number of aryl methyl sites for hydroxylation is 1. The predicted molar refractivity (Wildman–Crippen MR) is 115 cm³/mol. The number of nitrogens with one attached hydrogen (secondary N) is 1. The topological polar surface area (TPSA) is 112 Å². The van der Waals surface area contributed by atoms with E-state index in [1.54, 1.807) is 6.92 Å². The van der Waals surface area contributed by atoms with E-state index in [4.69, 9.17) is 4.52 Å². The SMILES string of the molecule is Cc1cc2onc(Cn3cc4n(c3=O)C[C@@H](NS(C)(=O)=O)C4(F)F)c2c(-c2c(F)cccc2F)n1. The number of imidazole rings is 1. The zero-order chi connectivity index (χ0) is 25.3. The van der Waals surface area contributed by atoms with Gasteiger partial charge < -0.3 is 4.52 Å². The lowest BCUT2D eigenvalue weighted by atomic mass is 10.0. The Morgan fingerprint density at radius 2 is 1.94 bits per heavy atom. The highest BCUT2D eigenvalue weighted by molar-refractivity contribution is 7.88. The summed E-state index contributed by atoms with van der Waals surface area (Å²) in [6, 6.07) is 3.00. The van der Waals surface area contributed by atoms with Crippen molar-refractivity contribution in [3.05, 3.63) is 69.7 Å². The molecule has 9 nitrogen and oxygen atoms in total. The van der Waals surface area contributed by atoms with E-state index in [1.807, 2.05) is 4.72 Å². The molecule has 1 atom stereocenters. The molecule has 0 spiro atoms. The van der Waals surface area contributed by atoms with E-state index >= 15 is 0 Å². The average Bonchev–Trinajstić information content (AvgIpc) is 3.35. The van der Waals surface area contributed by atoms with Gasteiger partial charge in [-0.1, -0.05) is 11.2 Å². The number of alkyl halides is 2. The number of benzene rings is 1. The number of hydrogen-bond acceptors (Lipinski definition) is 6. The summed E-state index contributed by atoms with van der Waals surface area (Å²) in [5.41, 5.74) is -1.45. The van der Waals surface area contributed by atoms with Crippen LogP contribution in [0.2, 0.25) is 0 Å². The Morgan fingerprint density at radius 1 is 1.26 bits per heavy atom. The molecular formula is C21H17F4N5O4S. The normalized spacial score (nSPS) is 17.3. The predicted octanol–water partition coefficient (Wildman–Crippen LogP) is 2.51. The molecule has 4 heterocycles. The molecule has 1 aliphatic heterocycles. The summed E-state index contributed by atoms with van der Waals surface area (Å²) in [6.45, 7) is 0.656. The molecule has 1 N–H and O–H groups in total. The summed E-state index contributed by atoms with van der Waals surface area (Å²) in [5.74, 6) is -5.40. The van der Waals surface area contributed by atoms with Crippen molar-refractivity contribution >= 4 is 21.0 Å². The molecule has 0 fully saturated rings. The van der Waals surface area contributed by atoms with Gasteiger partial charge in [-0.05, 0) is 19.1 Å². The van der Waals surface area contributed by atoms with Crippen molar-refractivity contribution in [3.63, 3.8) is 0 Å². The third-order valence-electron chi connectivity index (χ3n) is 5.72. The molecule has 0 unspecified atom stereocenters. The second-order valence-corrected chi connectivity index (χ2v) is 10.1. The van der Waals surface area contributed by atoms with Crippen LogP contribution in [0.3, 0.4) is 0 Å². The Bertz CT molecular complexity index is 1640. The van der Waals surface area contributed by atoms with Gasteiger partial charge in [0.1, 0.15) is 29.1 Å². The van der Waals surface area contributed by atoms with Gasteiger partial charge in [0, 0.05) is 18.0 Å². The maximum atomic E-state index is 14.8. The maximum Gasteiger partial charge on any atom is 0.328 e. The van der Waals surface area contributed by atoms with Crippen LogP contribution < -0.4 is 10.4 Å². The van der Waals surface area contributed by atoms with Gasteiger partial charge >= 0.3 is 11.6 Å². The van der Waals surface area contributed by atoms with Crippen molar-refractivity contribution < 1.29 is 30.5 Å². The Balaban J connectivity index is 1.60. The first-order chi connectivity index (χ1) is 16.4. The number of pyridine rings is 1. The summed E-state index contributed by atoms with van der Waals surface area (Å²) >= 11 is 0. The van der Waals surface area contributed by atoms with E-state index in [1.165, 1.54) is 12.1 Å². The summed E-state index contributed by atoms with van der Waals surface area (Å²) in [7, 11) is -3.95. The number of nitrogens with zero attached hydrogens (tertiary/aromatic N) is 4. The van der Waals surface area contributed by atoms with Crippen LogP contribution in [0.5, 0.6) is 0 Å². The second-order valence-electron chi connectivity index (χ2n) is 8.31. The number of hydrogen-bond donors (Lipinski definition) is 1. The molecule has 3 aromatic heterocycles. The van der Waals surface area contributed by atoms with E-state index in [0.29, 0.717) is 5.69 Å². The number of sulfonamides is 1. The molecule has 35 heavy (non-hydrogen) atoms. The van der Waals surface area contributed by atoms with Crippen LogP contribution in [0.25, 0.3) is 22.2 Å². The average molecular weight is 511 g/mol. The molecule has 14 heteroatoms. The Hall–Kier alpha value is -3.52. The van der Waals surface area contributed by atoms with Gasteiger partial charge in [-0.15, -0.1) is 0 Å². The molecule has 0 aliphatic carbocycles. The molecule has 1 aliphatic rings. The molecule has 0 amide bonds. The number of fused-ring (bicyclic) bond motifs is 2. The van der Waals surface area contributed by atoms with Crippen LogP contribution in [0, 0.1) is 18.6 Å². The standard InChI is InChI=1S/C21H17F4N5O4S/c1-10-6-14-18(19(26-10)17-11(22)4-3-5-12(17)23)13(27-34-14)7-29-9-16-21(24,25)15(28-35(2,32)33)8-30(16)20(29)31/h3-6,9,15,28H,7-8H2,1-2H3/t15-/m1/s1. The van der Waals surface area contributed by atoms with Crippen LogP contribution in [0.1, 0.15) is 17.1 Å².